The SMILES string of the molecule is O=C(Nc1ccc(SCC(=O)N2c3ccccc3Sc3ccccc32)cc1)/C(=C\c1c[nH]c2ccccc12)NC(=O)c1ccccc1. The molecule has 7 rings (SSSR count). The van der Waals surface area contributed by atoms with Crippen LogP contribution in [0.1, 0.15) is 15.9 Å². The van der Waals surface area contributed by atoms with Gasteiger partial charge in [0.15, 0.2) is 0 Å². The second-order valence-corrected chi connectivity index (χ2v) is 12.8. The average molecular weight is 653 g/mol. The maximum atomic E-state index is 13.6. The van der Waals surface area contributed by atoms with Crippen molar-refractivity contribution in [1.82, 2.24) is 10.3 Å². The van der Waals surface area contributed by atoms with Crippen LogP contribution in [-0.2, 0) is 9.59 Å². The summed E-state index contributed by atoms with van der Waals surface area (Å²) in [6.07, 6.45) is 3.47. The van der Waals surface area contributed by atoms with Crippen LogP contribution in [0.5, 0.6) is 0 Å². The van der Waals surface area contributed by atoms with E-state index < -0.39 is 5.91 Å². The standard InChI is InChI=1S/C38H28N4O3S2/c43-36(42-32-14-6-8-16-34(32)47-35-17-9-7-15-33(35)42)24-46-28-20-18-27(19-21-28)40-38(45)31(41-37(44)25-10-2-1-3-11-25)22-26-23-39-30-13-5-4-12-29(26)30/h1-23,39H,24H2,(H,40,45)(H,41,44)/b31-22+. The lowest BCUT2D eigenvalue weighted by molar-refractivity contribution is -0.115. The molecule has 6 aromatic rings. The predicted molar refractivity (Wildman–Crippen MR) is 190 cm³/mol. The number of benzene rings is 5. The van der Waals surface area contributed by atoms with Crippen LogP contribution in [0, 0.1) is 0 Å². The molecule has 3 amide bonds. The topological polar surface area (TPSA) is 94.3 Å². The molecule has 9 heteroatoms. The summed E-state index contributed by atoms with van der Waals surface area (Å²) < 4.78 is 0. The molecular formula is C38H28N4O3S2. The minimum absolute atomic E-state index is 0.0196. The molecule has 0 bridgehead atoms. The number of aromatic nitrogens is 1. The molecule has 0 unspecified atom stereocenters. The van der Waals surface area contributed by atoms with Crippen molar-refractivity contribution in [2.24, 2.45) is 0 Å². The van der Waals surface area contributed by atoms with Crippen molar-refractivity contribution >= 4 is 75.3 Å². The van der Waals surface area contributed by atoms with Gasteiger partial charge in [0.25, 0.3) is 11.8 Å². The number of rotatable bonds is 8. The van der Waals surface area contributed by atoms with Crippen LogP contribution in [0.2, 0.25) is 0 Å². The first kappa shape index (κ1) is 30.2. The monoisotopic (exact) mass is 652 g/mol. The highest BCUT2D eigenvalue weighted by atomic mass is 32.2. The Kier molecular flexibility index (Phi) is 8.64. The van der Waals surface area contributed by atoms with Gasteiger partial charge in [0.2, 0.25) is 5.91 Å². The third-order valence-corrected chi connectivity index (χ3v) is 9.73. The van der Waals surface area contributed by atoms with E-state index >= 15 is 0 Å². The Bertz CT molecular complexity index is 2100. The molecule has 5 aromatic carbocycles. The smallest absolute Gasteiger partial charge is 0.272 e. The highest BCUT2D eigenvalue weighted by Crippen LogP contribution is 2.48. The molecule has 0 atom stereocenters. The van der Waals surface area contributed by atoms with Gasteiger partial charge in [-0.3, -0.25) is 19.3 Å². The van der Waals surface area contributed by atoms with E-state index in [0.717, 1.165) is 42.5 Å². The van der Waals surface area contributed by atoms with Crippen molar-refractivity contribution in [3.63, 3.8) is 0 Å². The van der Waals surface area contributed by atoms with Crippen LogP contribution in [0.25, 0.3) is 17.0 Å². The van der Waals surface area contributed by atoms with Crippen molar-refractivity contribution in [3.05, 3.63) is 150 Å². The number of hydrogen-bond donors (Lipinski definition) is 3. The van der Waals surface area contributed by atoms with Crippen molar-refractivity contribution in [2.75, 3.05) is 16.0 Å². The quantitative estimate of drug-likeness (QED) is 0.113. The normalized spacial score (nSPS) is 12.3. The van der Waals surface area contributed by atoms with Crippen LogP contribution in [0.15, 0.2) is 154 Å². The number of nitrogens with one attached hydrogen (secondary N) is 3. The van der Waals surface area contributed by atoms with Gasteiger partial charge in [-0.25, -0.2) is 0 Å². The molecule has 0 fully saturated rings. The Hall–Kier alpha value is -5.51. The van der Waals surface area contributed by atoms with E-state index in [9.17, 15) is 14.4 Å². The summed E-state index contributed by atoms with van der Waals surface area (Å²) in [5.41, 5.74) is 4.57. The lowest BCUT2D eigenvalue weighted by Crippen LogP contribution is -2.30. The van der Waals surface area contributed by atoms with Crippen molar-refractivity contribution in [2.45, 2.75) is 14.7 Å². The fourth-order valence-corrected chi connectivity index (χ4v) is 7.13. The Morgan fingerprint density at radius 3 is 2.11 bits per heavy atom. The minimum atomic E-state index is -0.463. The molecule has 7 nitrogen and oxygen atoms in total. The van der Waals surface area contributed by atoms with Gasteiger partial charge in [0, 0.05) is 48.6 Å². The summed E-state index contributed by atoms with van der Waals surface area (Å²) in [4.78, 5) is 48.2. The second kappa shape index (κ2) is 13.5. The molecule has 1 aliphatic heterocycles. The van der Waals surface area contributed by atoms with Crippen molar-refractivity contribution in [3.8, 4) is 0 Å². The third kappa shape index (κ3) is 6.58. The molecule has 0 spiro atoms. The number of amides is 3. The zero-order valence-electron chi connectivity index (χ0n) is 25.0. The van der Waals surface area contributed by atoms with E-state index in [4.69, 9.17) is 0 Å². The highest BCUT2D eigenvalue weighted by Gasteiger charge is 2.27. The van der Waals surface area contributed by atoms with Gasteiger partial charge < -0.3 is 15.6 Å². The minimum Gasteiger partial charge on any atom is -0.361 e. The number of anilines is 3. The molecule has 1 aliphatic rings. The zero-order valence-corrected chi connectivity index (χ0v) is 26.6. The number of nitrogens with zero attached hydrogens (tertiary/aromatic N) is 1. The molecule has 0 saturated carbocycles. The first-order chi connectivity index (χ1) is 23.0. The van der Waals surface area contributed by atoms with E-state index in [0.29, 0.717) is 11.3 Å². The number of hydrogen-bond acceptors (Lipinski definition) is 5. The fraction of sp³-hybridized carbons (Fsp3) is 0.0263. The number of aromatic amines is 1. The van der Waals surface area contributed by atoms with E-state index in [-0.39, 0.29) is 23.3 Å². The van der Waals surface area contributed by atoms with Gasteiger partial charge in [-0.15, -0.1) is 11.8 Å². The third-order valence-electron chi connectivity index (χ3n) is 7.61. The number of carbonyl (C=O) groups excluding carboxylic acids is 3. The highest BCUT2D eigenvalue weighted by molar-refractivity contribution is 8.00. The van der Waals surface area contributed by atoms with Gasteiger partial charge >= 0.3 is 0 Å². The molecule has 2 heterocycles. The Morgan fingerprint density at radius 1 is 0.745 bits per heavy atom. The van der Waals surface area contributed by atoms with Crippen LogP contribution in [-0.4, -0.2) is 28.5 Å². The number of fused-ring (bicyclic) bond motifs is 3. The van der Waals surface area contributed by atoms with Crippen LogP contribution < -0.4 is 15.5 Å². The van der Waals surface area contributed by atoms with Gasteiger partial charge in [0.1, 0.15) is 5.70 Å². The lowest BCUT2D eigenvalue weighted by Gasteiger charge is -2.31. The first-order valence-corrected chi connectivity index (χ1v) is 16.7. The van der Waals surface area contributed by atoms with E-state index in [1.54, 1.807) is 65.3 Å². The zero-order chi connectivity index (χ0) is 32.2. The van der Waals surface area contributed by atoms with Gasteiger partial charge in [-0.2, -0.15) is 0 Å². The van der Waals surface area contributed by atoms with Crippen molar-refractivity contribution in [1.29, 1.82) is 0 Å². The fourth-order valence-electron chi connectivity index (χ4n) is 5.33. The average Bonchev–Trinajstić information content (AvgIpc) is 3.52. The summed E-state index contributed by atoms with van der Waals surface area (Å²) >= 11 is 3.10. The lowest BCUT2D eigenvalue weighted by atomic mass is 10.1. The number of para-hydroxylation sites is 3. The molecule has 0 aliphatic carbocycles. The molecule has 47 heavy (non-hydrogen) atoms. The summed E-state index contributed by atoms with van der Waals surface area (Å²) in [6.45, 7) is 0. The van der Waals surface area contributed by atoms with Crippen LogP contribution >= 0.6 is 23.5 Å². The number of H-pyrrole nitrogens is 1. The molecule has 3 N–H and O–H groups in total. The van der Waals surface area contributed by atoms with Crippen molar-refractivity contribution < 1.29 is 14.4 Å². The predicted octanol–water partition coefficient (Wildman–Crippen LogP) is 8.50. The first-order valence-electron chi connectivity index (χ1n) is 14.9. The Morgan fingerprint density at radius 2 is 1.38 bits per heavy atom. The van der Waals surface area contributed by atoms with Gasteiger partial charge in [0.05, 0.1) is 17.1 Å². The molecule has 0 radical (unpaired) electrons. The second-order valence-electron chi connectivity index (χ2n) is 10.7. The van der Waals surface area contributed by atoms with Gasteiger partial charge in [-0.1, -0.05) is 72.4 Å². The van der Waals surface area contributed by atoms with Crippen LogP contribution in [0.3, 0.4) is 0 Å². The van der Waals surface area contributed by atoms with E-state index in [1.165, 1.54) is 11.8 Å². The summed E-state index contributed by atoms with van der Waals surface area (Å²) in [5.74, 6) is -0.632. The Balaban J connectivity index is 1.06. The number of carbonyl (C=O) groups is 3. The Labute approximate surface area is 280 Å². The number of thioether (sulfide) groups is 1. The molecule has 0 saturated heterocycles. The van der Waals surface area contributed by atoms with Crippen LogP contribution in [0.4, 0.5) is 17.1 Å². The summed E-state index contributed by atoms with van der Waals surface area (Å²) in [6, 6.07) is 39.7. The maximum absolute atomic E-state index is 13.6. The molecule has 1 aromatic heterocycles. The summed E-state index contributed by atoms with van der Waals surface area (Å²) in [7, 11) is 0. The largest absolute Gasteiger partial charge is 0.361 e. The van der Waals surface area contributed by atoms with E-state index in [1.807, 2.05) is 91.0 Å². The molecular weight excluding hydrogens is 625 g/mol. The summed E-state index contributed by atoms with van der Waals surface area (Å²) in [5, 5.41) is 6.63. The maximum Gasteiger partial charge on any atom is 0.272 e. The molecule has 230 valence electrons. The van der Waals surface area contributed by atoms with Gasteiger partial charge in [-0.05, 0) is 72.8 Å². The van der Waals surface area contributed by atoms with E-state index in [2.05, 4.69) is 15.6 Å².